The van der Waals surface area contributed by atoms with Crippen LogP contribution in [0.5, 0.6) is 5.75 Å². The van der Waals surface area contributed by atoms with Gasteiger partial charge in [0.2, 0.25) is 0 Å². The van der Waals surface area contributed by atoms with Crippen LogP contribution in [0.15, 0.2) is 47.5 Å². The van der Waals surface area contributed by atoms with Crippen molar-refractivity contribution in [1.82, 2.24) is 24.2 Å². The van der Waals surface area contributed by atoms with Crippen LogP contribution in [0, 0.1) is 19.8 Å². The first-order valence-corrected chi connectivity index (χ1v) is 13.9. The van der Waals surface area contributed by atoms with Crippen LogP contribution < -0.4 is 10.3 Å². The van der Waals surface area contributed by atoms with Crippen molar-refractivity contribution in [3.8, 4) is 5.75 Å². The number of likely N-dealkylation sites (tertiary alicyclic amines) is 1. The zero-order valence-corrected chi connectivity index (χ0v) is 23.7. The summed E-state index contributed by atoms with van der Waals surface area (Å²) in [5.41, 5.74) is 5.21. The molecule has 0 bridgehead atoms. The summed E-state index contributed by atoms with van der Waals surface area (Å²) < 4.78 is 9.68. The van der Waals surface area contributed by atoms with Crippen molar-refractivity contribution in [3.05, 3.63) is 81.2 Å². The van der Waals surface area contributed by atoms with E-state index < -0.39 is 0 Å². The van der Waals surface area contributed by atoms with Gasteiger partial charge in [-0.2, -0.15) is 5.10 Å². The topological polar surface area (TPSA) is 85.2 Å². The summed E-state index contributed by atoms with van der Waals surface area (Å²) in [5, 5.41) is 5.29. The van der Waals surface area contributed by atoms with Crippen LogP contribution in [-0.4, -0.2) is 50.2 Å². The second kappa shape index (κ2) is 11.2. The van der Waals surface area contributed by atoms with Crippen LogP contribution in [0.25, 0.3) is 10.9 Å². The second-order valence-corrected chi connectivity index (χ2v) is 11.0. The second-order valence-electron chi connectivity index (χ2n) is 11.0. The molecule has 0 saturated carbocycles. The molecule has 1 N–H and O–H groups in total. The van der Waals surface area contributed by atoms with Crippen molar-refractivity contribution in [3.63, 3.8) is 0 Å². The van der Waals surface area contributed by atoms with E-state index in [4.69, 9.17) is 4.74 Å². The fourth-order valence-electron chi connectivity index (χ4n) is 6.35. The van der Waals surface area contributed by atoms with Gasteiger partial charge in [-0.3, -0.25) is 19.2 Å². The van der Waals surface area contributed by atoms with Crippen molar-refractivity contribution < 1.29 is 9.53 Å². The molecule has 4 heterocycles. The Morgan fingerprint density at radius 2 is 1.95 bits per heavy atom. The van der Waals surface area contributed by atoms with Gasteiger partial charge in [0.1, 0.15) is 5.75 Å². The molecule has 0 aliphatic carbocycles. The van der Waals surface area contributed by atoms with E-state index in [1.54, 1.807) is 7.11 Å². The van der Waals surface area contributed by atoms with Crippen LogP contribution in [0.3, 0.4) is 0 Å². The Balaban J connectivity index is 1.35. The van der Waals surface area contributed by atoms with Crippen molar-refractivity contribution in [2.24, 2.45) is 13.0 Å². The third-order valence-electron chi connectivity index (χ3n) is 8.37. The Labute approximate surface area is 229 Å². The molecule has 4 aromatic rings. The number of pyridine rings is 1. The molecule has 39 heavy (non-hydrogen) atoms. The standard InChI is InChI=1S/C31H39N5O3/c1-20-16-29(39-5)26(31(38)33-20)10-11-28(37)30-22(3)36(27-9-7-6-8-25(27)30)21(2)24-12-14-35(15-13-24)19-23-17-32-34(4)18-23/h6-9,16-18,21,24H,10-15,19H2,1-5H3,(H,33,38)/t21-/m1/s1. The number of fused-ring (bicyclic) bond motifs is 1. The number of ether oxygens (including phenoxy) is 1. The summed E-state index contributed by atoms with van der Waals surface area (Å²) in [7, 11) is 3.52. The van der Waals surface area contributed by atoms with Gasteiger partial charge in [-0.05, 0) is 71.2 Å². The number of rotatable bonds is 9. The maximum Gasteiger partial charge on any atom is 0.255 e. The number of nitrogens with zero attached hydrogens (tertiary/aromatic N) is 4. The Bertz CT molecular complexity index is 1540. The number of Topliss-reactive ketones (excluding diaryl/α,β-unsaturated/α-hetero) is 1. The van der Waals surface area contributed by atoms with Crippen LogP contribution in [0.1, 0.15) is 65.1 Å². The number of hydrogen-bond acceptors (Lipinski definition) is 5. The van der Waals surface area contributed by atoms with E-state index in [0.29, 0.717) is 23.7 Å². The fourth-order valence-corrected chi connectivity index (χ4v) is 6.35. The number of nitrogens with one attached hydrogen (secondary N) is 1. The molecular formula is C31H39N5O3. The number of aryl methyl sites for hydroxylation is 2. The molecule has 1 aliphatic rings. The van der Waals surface area contributed by atoms with Gasteiger partial charge < -0.3 is 14.3 Å². The highest BCUT2D eigenvalue weighted by Gasteiger charge is 2.29. The number of para-hydroxylation sites is 1. The predicted molar refractivity (Wildman–Crippen MR) is 154 cm³/mol. The van der Waals surface area contributed by atoms with E-state index in [1.165, 1.54) is 5.56 Å². The molecule has 206 valence electrons. The monoisotopic (exact) mass is 529 g/mol. The smallest absolute Gasteiger partial charge is 0.255 e. The average molecular weight is 530 g/mol. The number of piperidine rings is 1. The lowest BCUT2D eigenvalue weighted by molar-refractivity contribution is 0.0983. The van der Waals surface area contributed by atoms with E-state index in [0.717, 1.165) is 60.3 Å². The Morgan fingerprint density at radius 3 is 2.64 bits per heavy atom. The Kier molecular flexibility index (Phi) is 7.75. The average Bonchev–Trinajstić information content (AvgIpc) is 3.46. The van der Waals surface area contributed by atoms with Crippen molar-refractivity contribution in [1.29, 1.82) is 0 Å². The third kappa shape index (κ3) is 5.43. The molecule has 1 aliphatic heterocycles. The number of aromatic nitrogens is 4. The van der Waals surface area contributed by atoms with Crippen LogP contribution in [0.2, 0.25) is 0 Å². The van der Waals surface area contributed by atoms with E-state index >= 15 is 0 Å². The zero-order chi connectivity index (χ0) is 27.7. The van der Waals surface area contributed by atoms with Gasteiger partial charge in [-0.15, -0.1) is 0 Å². The molecule has 1 aromatic carbocycles. The van der Waals surface area contributed by atoms with E-state index in [9.17, 15) is 9.59 Å². The molecule has 1 fully saturated rings. The van der Waals surface area contributed by atoms with Crippen LogP contribution >= 0.6 is 0 Å². The van der Waals surface area contributed by atoms with Gasteiger partial charge in [-0.25, -0.2) is 0 Å². The highest BCUT2D eigenvalue weighted by Crippen LogP contribution is 2.36. The summed E-state index contributed by atoms with van der Waals surface area (Å²) in [5.74, 6) is 1.12. The van der Waals surface area contributed by atoms with Gasteiger partial charge in [0.15, 0.2) is 5.78 Å². The largest absolute Gasteiger partial charge is 0.496 e. The van der Waals surface area contributed by atoms with Crippen molar-refractivity contribution in [2.75, 3.05) is 20.2 Å². The molecule has 0 radical (unpaired) electrons. The first kappa shape index (κ1) is 26.9. The molecule has 3 aromatic heterocycles. The number of benzene rings is 1. The molecule has 0 unspecified atom stereocenters. The minimum Gasteiger partial charge on any atom is -0.496 e. The highest BCUT2D eigenvalue weighted by molar-refractivity contribution is 6.09. The molecule has 0 amide bonds. The van der Waals surface area contributed by atoms with E-state index in [2.05, 4.69) is 51.7 Å². The maximum absolute atomic E-state index is 13.7. The normalized spacial score (nSPS) is 15.6. The Morgan fingerprint density at radius 1 is 1.21 bits per heavy atom. The number of methoxy groups -OCH3 is 1. The summed E-state index contributed by atoms with van der Waals surface area (Å²) in [4.78, 5) is 31.6. The molecule has 8 nitrogen and oxygen atoms in total. The number of carbonyl (C=O) groups is 1. The fraction of sp³-hybridized carbons (Fsp3) is 0.452. The summed E-state index contributed by atoms with van der Waals surface area (Å²) in [6, 6.07) is 10.3. The first-order chi connectivity index (χ1) is 18.8. The molecule has 0 spiro atoms. The number of aromatic amines is 1. The number of carbonyl (C=O) groups excluding carboxylic acids is 1. The van der Waals surface area contributed by atoms with Gasteiger partial charge in [0.05, 0.1) is 18.9 Å². The first-order valence-electron chi connectivity index (χ1n) is 13.9. The predicted octanol–water partition coefficient (Wildman–Crippen LogP) is 4.98. The SMILES string of the molecule is COc1cc(C)[nH]c(=O)c1CCC(=O)c1c(C)n([C@H](C)C2CCN(Cc3cnn(C)c3)CC2)c2ccccc12. The van der Waals surface area contributed by atoms with Crippen molar-refractivity contribution in [2.45, 2.75) is 59.0 Å². The number of ketones is 1. The van der Waals surface area contributed by atoms with Gasteiger partial charge in [0.25, 0.3) is 5.56 Å². The lowest BCUT2D eigenvalue weighted by Crippen LogP contribution is -2.35. The van der Waals surface area contributed by atoms with E-state index in [1.807, 2.05) is 43.0 Å². The van der Waals surface area contributed by atoms with E-state index in [-0.39, 0.29) is 23.8 Å². The maximum atomic E-state index is 13.7. The number of H-pyrrole nitrogens is 1. The molecular weight excluding hydrogens is 490 g/mol. The molecule has 8 heteroatoms. The number of hydrogen-bond donors (Lipinski definition) is 1. The Hall–Kier alpha value is -3.65. The van der Waals surface area contributed by atoms with Crippen LogP contribution in [0.4, 0.5) is 0 Å². The summed E-state index contributed by atoms with van der Waals surface area (Å²) in [6.07, 6.45) is 6.86. The summed E-state index contributed by atoms with van der Waals surface area (Å²) >= 11 is 0. The lowest BCUT2D eigenvalue weighted by Gasteiger charge is -2.36. The minimum absolute atomic E-state index is 0.0583. The minimum atomic E-state index is -0.192. The van der Waals surface area contributed by atoms with Gasteiger partial charge in [-0.1, -0.05) is 18.2 Å². The zero-order valence-electron chi connectivity index (χ0n) is 23.7. The third-order valence-corrected chi connectivity index (χ3v) is 8.37. The highest BCUT2D eigenvalue weighted by atomic mass is 16.5. The lowest BCUT2D eigenvalue weighted by atomic mass is 9.89. The van der Waals surface area contributed by atoms with Crippen LogP contribution in [-0.2, 0) is 20.0 Å². The molecule has 5 rings (SSSR count). The summed E-state index contributed by atoms with van der Waals surface area (Å²) in [6.45, 7) is 9.24. The van der Waals surface area contributed by atoms with Crippen molar-refractivity contribution >= 4 is 16.7 Å². The molecule has 1 saturated heterocycles. The van der Waals surface area contributed by atoms with Gasteiger partial charge in [0, 0.05) is 65.7 Å². The quantitative estimate of drug-likeness (QED) is 0.309. The molecule has 1 atom stereocenters. The van der Waals surface area contributed by atoms with Gasteiger partial charge >= 0.3 is 0 Å².